The van der Waals surface area contributed by atoms with Gasteiger partial charge in [-0.1, -0.05) is 6.92 Å². The van der Waals surface area contributed by atoms with Gasteiger partial charge in [0, 0.05) is 40.6 Å². The van der Waals surface area contributed by atoms with Crippen LogP contribution < -0.4 is 0 Å². The maximum atomic E-state index is 11.3. The molecule has 0 aromatic carbocycles. The van der Waals surface area contributed by atoms with Crippen molar-refractivity contribution in [1.82, 2.24) is 4.57 Å². The Labute approximate surface area is 102 Å². The van der Waals surface area contributed by atoms with Crippen LogP contribution in [0, 0.1) is 0 Å². The largest absolute Gasteiger partial charge is 0.477 e. The zero-order chi connectivity index (χ0) is 13.0. The van der Waals surface area contributed by atoms with Crippen LogP contribution in [0.3, 0.4) is 0 Å². The third-order valence-corrected chi connectivity index (χ3v) is 3.69. The van der Waals surface area contributed by atoms with E-state index in [0.717, 1.165) is 0 Å². The zero-order valence-corrected chi connectivity index (χ0v) is 10.6. The fraction of sp³-hybridized carbons (Fsp3) is 0.455. The summed E-state index contributed by atoms with van der Waals surface area (Å²) in [5.74, 6) is -0.325. The van der Waals surface area contributed by atoms with Gasteiger partial charge in [-0.05, 0) is 13.0 Å². The van der Waals surface area contributed by atoms with Crippen LogP contribution in [0.15, 0.2) is 12.3 Å². The van der Waals surface area contributed by atoms with Crippen molar-refractivity contribution in [3.63, 3.8) is 0 Å². The average molecular weight is 257 g/mol. The summed E-state index contributed by atoms with van der Waals surface area (Å²) < 4.78 is 12.8. The van der Waals surface area contributed by atoms with Crippen molar-refractivity contribution in [2.45, 2.75) is 20.4 Å². The molecule has 0 spiro atoms. The van der Waals surface area contributed by atoms with Crippen LogP contribution in [-0.2, 0) is 17.3 Å². The molecule has 17 heavy (non-hydrogen) atoms. The van der Waals surface area contributed by atoms with Gasteiger partial charge in [-0.15, -0.1) is 0 Å². The summed E-state index contributed by atoms with van der Waals surface area (Å²) in [5, 5.41) is 8.98. The summed E-state index contributed by atoms with van der Waals surface area (Å²) in [5.41, 5.74) is 0.424. The molecule has 0 saturated carbocycles. The fourth-order valence-electron chi connectivity index (χ4n) is 1.41. The molecule has 0 bridgehead atoms. The Morgan fingerprint density at radius 2 is 2.12 bits per heavy atom. The molecule has 0 radical (unpaired) electrons. The predicted octanol–water partition coefficient (Wildman–Crippen LogP) is 1.16. The van der Waals surface area contributed by atoms with Crippen LogP contribution in [0.25, 0.3) is 0 Å². The molecule has 5 nitrogen and oxygen atoms in total. The Bertz CT molecular complexity index is 464. The number of carboxylic acid groups (broad SMARTS) is 1. The van der Waals surface area contributed by atoms with E-state index in [1.54, 1.807) is 0 Å². The third-order valence-electron chi connectivity index (χ3n) is 2.40. The molecule has 1 aromatic rings. The highest BCUT2D eigenvalue weighted by Crippen LogP contribution is 2.10. The van der Waals surface area contributed by atoms with Crippen molar-refractivity contribution in [3.05, 3.63) is 23.5 Å². The van der Waals surface area contributed by atoms with Gasteiger partial charge in [0.05, 0.1) is 0 Å². The minimum absolute atomic E-state index is 0.0586. The van der Waals surface area contributed by atoms with E-state index in [1.165, 1.54) is 23.8 Å². The Hall–Kier alpha value is -1.43. The number of ketones is 1. The first-order valence-corrected chi connectivity index (χ1v) is 6.74. The summed E-state index contributed by atoms with van der Waals surface area (Å²) in [6, 6.07) is 1.35. The van der Waals surface area contributed by atoms with Crippen molar-refractivity contribution in [3.8, 4) is 0 Å². The highest BCUT2D eigenvalue weighted by Gasteiger charge is 2.14. The molecule has 1 rings (SSSR count). The van der Waals surface area contributed by atoms with Gasteiger partial charge in [-0.2, -0.15) is 0 Å². The second kappa shape index (κ2) is 5.77. The van der Waals surface area contributed by atoms with E-state index in [1.807, 2.05) is 6.92 Å². The number of aromatic nitrogens is 1. The lowest BCUT2D eigenvalue weighted by Gasteiger charge is -2.04. The summed E-state index contributed by atoms with van der Waals surface area (Å²) in [7, 11) is -0.949. The predicted molar refractivity (Wildman–Crippen MR) is 64.9 cm³/mol. The van der Waals surface area contributed by atoms with Crippen LogP contribution in [0.1, 0.15) is 34.7 Å². The van der Waals surface area contributed by atoms with Crippen molar-refractivity contribution < 1.29 is 18.9 Å². The first kappa shape index (κ1) is 13.6. The quantitative estimate of drug-likeness (QED) is 0.776. The molecule has 1 aromatic heterocycles. The molecule has 0 aliphatic carbocycles. The Morgan fingerprint density at radius 1 is 1.47 bits per heavy atom. The van der Waals surface area contributed by atoms with Crippen LogP contribution in [0.4, 0.5) is 0 Å². The lowest BCUT2D eigenvalue weighted by molar-refractivity contribution is 0.0685. The zero-order valence-electron chi connectivity index (χ0n) is 9.80. The van der Waals surface area contributed by atoms with Gasteiger partial charge >= 0.3 is 5.97 Å². The Morgan fingerprint density at radius 3 is 2.59 bits per heavy atom. The first-order chi connectivity index (χ1) is 7.95. The minimum Gasteiger partial charge on any atom is -0.477 e. The summed E-state index contributed by atoms with van der Waals surface area (Å²) >= 11 is 0. The van der Waals surface area contributed by atoms with Crippen LogP contribution in [0.2, 0.25) is 0 Å². The number of rotatable bonds is 6. The van der Waals surface area contributed by atoms with Crippen LogP contribution >= 0.6 is 0 Å². The molecular formula is C11H15NO4S. The normalized spacial score (nSPS) is 12.4. The van der Waals surface area contributed by atoms with E-state index in [4.69, 9.17) is 5.11 Å². The van der Waals surface area contributed by atoms with Gasteiger partial charge < -0.3 is 9.67 Å². The Balaban J connectivity index is 2.92. The molecule has 6 heteroatoms. The van der Waals surface area contributed by atoms with E-state index in [2.05, 4.69) is 0 Å². The number of carboxylic acids is 1. The van der Waals surface area contributed by atoms with Gasteiger partial charge in [0.15, 0.2) is 5.78 Å². The van der Waals surface area contributed by atoms with E-state index in [-0.39, 0.29) is 11.5 Å². The van der Waals surface area contributed by atoms with Gasteiger partial charge in [0.25, 0.3) is 0 Å². The number of carbonyl (C=O) groups is 2. The molecule has 1 N–H and O–H groups in total. The van der Waals surface area contributed by atoms with E-state index in [9.17, 15) is 13.8 Å². The average Bonchev–Trinajstić information content (AvgIpc) is 2.70. The summed E-state index contributed by atoms with van der Waals surface area (Å²) in [6.07, 6.45) is 1.50. The minimum atomic E-state index is -1.08. The van der Waals surface area contributed by atoms with Crippen molar-refractivity contribution >= 4 is 22.6 Å². The number of hydrogen-bond donors (Lipinski definition) is 1. The van der Waals surface area contributed by atoms with Crippen LogP contribution in [-0.4, -0.2) is 37.1 Å². The molecule has 94 valence electrons. The molecule has 0 amide bonds. The monoisotopic (exact) mass is 257 g/mol. The van der Waals surface area contributed by atoms with Crippen molar-refractivity contribution in [1.29, 1.82) is 0 Å². The maximum absolute atomic E-state index is 11.3. The molecule has 1 heterocycles. The molecule has 1 atom stereocenters. The highest BCUT2D eigenvalue weighted by atomic mass is 32.2. The van der Waals surface area contributed by atoms with Gasteiger partial charge in [-0.3, -0.25) is 9.00 Å². The van der Waals surface area contributed by atoms with E-state index in [0.29, 0.717) is 23.6 Å². The Kier molecular flexibility index (Phi) is 4.62. The number of aromatic carboxylic acids is 1. The SMILES string of the molecule is CCS(=O)CCn1cc(C(C)=O)cc1C(=O)O. The smallest absolute Gasteiger partial charge is 0.352 e. The summed E-state index contributed by atoms with van der Waals surface area (Å²) in [6.45, 7) is 3.54. The summed E-state index contributed by atoms with van der Waals surface area (Å²) in [4.78, 5) is 22.1. The lowest BCUT2D eigenvalue weighted by Crippen LogP contribution is -2.13. The number of hydrogen-bond acceptors (Lipinski definition) is 3. The molecular weight excluding hydrogens is 242 g/mol. The second-order valence-electron chi connectivity index (χ2n) is 3.60. The highest BCUT2D eigenvalue weighted by molar-refractivity contribution is 7.84. The van der Waals surface area contributed by atoms with Gasteiger partial charge in [0.1, 0.15) is 5.69 Å². The maximum Gasteiger partial charge on any atom is 0.352 e. The lowest BCUT2D eigenvalue weighted by atomic mass is 10.2. The number of carbonyl (C=O) groups excluding carboxylic acids is 1. The second-order valence-corrected chi connectivity index (χ2v) is 5.47. The number of Topliss-reactive ketones (excluding diaryl/α,β-unsaturated/α-hetero) is 1. The van der Waals surface area contributed by atoms with Crippen molar-refractivity contribution in [2.75, 3.05) is 11.5 Å². The molecule has 0 saturated heterocycles. The van der Waals surface area contributed by atoms with Gasteiger partial charge in [-0.25, -0.2) is 4.79 Å². The molecule has 0 fully saturated rings. The third kappa shape index (κ3) is 3.52. The fourth-order valence-corrected chi connectivity index (χ4v) is 2.10. The van der Waals surface area contributed by atoms with E-state index >= 15 is 0 Å². The number of nitrogens with zero attached hydrogens (tertiary/aromatic N) is 1. The molecule has 0 aliphatic heterocycles. The topological polar surface area (TPSA) is 76.4 Å². The van der Waals surface area contributed by atoms with Crippen molar-refractivity contribution in [2.24, 2.45) is 0 Å². The standard InChI is InChI=1S/C11H15NO4S/c1-3-17(16)5-4-12-7-9(8(2)13)6-10(12)11(14)15/h6-7H,3-5H2,1-2H3,(H,14,15). The van der Waals surface area contributed by atoms with Gasteiger partial charge in [0.2, 0.25) is 0 Å². The first-order valence-electron chi connectivity index (χ1n) is 5.25. The molecule has 0 aliphatic rings. The molecule has 1 unspecified atom stereocenters. The van der Waals surface area contributed by atoms with Crippen LogP contribution in [0.5, 0.6) is 0 Å². The van der Waals surface area contributed by atoms with E-state index < -0.39 is 16.8 Å². The number of aryl methyl sites for hydroxylation is 1.